The van der Waals surface area contributed by atoms with Crippen LogP contribution in [0.15, 0.2) is 54.6 Å². The van der Waals surface area contributed by atoms with Gasteiger partial charge in [-0.3, -0.25) is 9.80 Å². The molecule has 0 fully saturated rings. The lowest BCUT2D eigenvalue weighted by Gasteiger charge is -2.40. The molecule has 4 aromatic rings. The number of hydrogen-bond donors (Lipinski definition) is 2. The summed E-state index contributed by atoms with van der Waals surface area (Å²) in [5, 5.41) is 21.7. The van der Waals surface area contributed by atoms with Gasteiger partial charge in [-0.15, -0.1) is 0 Å². The molecule has 3 aliphatic rings. The van der Waals surface area contributed by atoms with Gasteiger partial charge in [-0.05, 0) is 121 Å². The van der Waals surface area contributed by atoms with Crippen molar-refractivity contribution in [2.24, 2.45) is 0 Å². The number of benzene rings is 4. The zero-order valence-corrected chi connectivity index (χ0v) is 26.5. The average molecular weight is 609 g/mol. The quantitative estimate of drug-likeness (QED) is 0.248. The first-order chi connectivity index (χ1) is 21.8. The first-order valence-electron chi connectivity index (χ1n) is 15.5. The summed E-state index contributed by atoms with van der Waals surface area (Å²) >= 11 is 0. The minimum absolute atomic E-state index is 0.0785. The Morgan fingerprint density at radius 1 is 0.733 bits per heavy atom. The third kappa shape index (κ3) is 5.02. The molecule has 0 saturated carbocycles. The van der Waals surface area contributed by atoms with Crippen LogP contribution in [0.2, 0.25) is 0 Å². The van der Waals surface area contributed by atoms with E-state index in [0.29, 0.717) is 28.7 Å². The van der Waals surface area contributed by atoms with Gasteiger partial charge in [-0.1, -0.05) is 12.1 Å². The molecule has 2 unspecified atom stereocenters. The molecule has 2 atom stereocenters. The maximum atomic E-state index is 11.2. The third-order valence-corrected chi connectivity index (χ3v) is 9.91. The largest absolute Gasteiger partial charge is 0.504 e. The first-order valence-corrected chi connectivity index (χ1v) is 15.5. The molecular formula is C37H40N2O6. The standard InChI is InChI=1S/C37H40N2O6/c1-38-12-10-22-16-32(42-3)30(40)19-26(22)28(38)14-21-6-8-25(9-7-21)45-33-18-24-15-29-35-23(11-13-39(29)2)17-34(43-4)37(44-5)36(35)27(24)20-31(33)41/h6-9,16-20,28-29,40-41H,10-15H2,1-5H3. The van der Waals surface area contributed by atoms with Crippen molar-refractivity contribution in [1.82, 2.24) is 9.80 Å². The van der Waals surface area contributed by atoms with E-state index >= 15 is 0 Å². The van der Waals surface area contributed by atoms with E-state index in [-0.39, 0.29) is 23.6 Å². The van der Waals surface area contributed by atoms with Crippen LogP contribution in [-0.4, -0.2) is 68.5 Å². The Balaban J connectivity index is 1.16. The summed E-state index contributed by atoms with van der Waals surface area (Å²) in [6.45, 7) is 1.90. The molecule has 0 amide bonds. The van der Waals surface area contributed by atoms with Crippen molar-refractivity contribution in [2.75, 3.05) is 48.5 Å². The molecule has 8 heteroatoms. The van der Waals surface area contributed by atoms with Gasteiger partial charge in [0, 0.05) is 30.7 Å². The Hall–Kier alpha value is -4.40. The zero-order valence-electron chi connectivity index (χ0n) is 26.5. The molecular weight excluding hydrogens is 568 g/mol. The average Bonchev–Trinajstić information content (AvgIpc) is 3.04. The molecule has 2 N–H and O–H groups in total. The topological polar surface area (TPSA) is 83.9 Å². The molecule has 2 aliphatic heterocycles. The Labute approximate surface area is 264 Å². The number of methoxy groups -OCH3 is 3. The molecule has 7 rings (SSSR count). The number of aromatic hydroxyl groups is 2. The van der Waals surface area contributed by atoms with Gasteiger partial charge in [0.05, 0.1) is 21.3 Å². The van der Waals surface area contributed by atoms with E-state index in [0.717, 1.165) is 66.6 Å². The maximum Gasteiger partial charge on any atom is 0.169 e. The van der Waals surface area contributed by atoms with Gasteiger partial charge in [-0.2, -0.15) is 0 Å². The lowest BCUT2D eigenvalue weighted by Crippen LogP contribution is -2.35. The van der Waals surface area contributed by atoms with E-state index in [1.807, 2.05) is 36.4 Å². The number of likely N-dealkylation sites (N-methyl/N-ethyl adjacent to an activating group) is 2. The van der Waals surface area contributed by atoms with Crippen LogP contribution < -0.4 is 18.9 Å². The molecule has 45 heavy (non-hydrogen) atoms. The molecule has 0 spiro atoms. The van der Waals surface area contributed by atoms with E-state index in [1.165, 1.54) is 16.7 Å². The normalized spacial score (nSPS) is 18.9. The number of phenols is 2. The predicted octanol–water partition coefficient (Wildman–Crippen LogP) is 6.44. The van der Waals surface area contributed by atoms with Crippen LogP contribution in [0.4, 0.5) is 0 Å². The van der Waals surface area contributed by atoms with Crippen molar-refractivity contribution < 1.29 is 29.2 Å². The van der Waals surface area contributed by atoms with E-state index in [9.17, 15) is 10.2 Å². The highest BCUT2D eigenvalue weighted by atomic mass is 16.5. The molecule has 1 aliphatic carbocycles. The van der Waals surface area contributed by atoms with Gasteiger partial charge in [0.15, 0.2) is 34.5 Å². The summed E-state index contributed by atoms with van der Waals surface area (Å²) in [6.07, 6.45) is 3.46. The number of ether oxygens (including phenoxy) is 4. The molecule has 0 bridgehead atoms. The molecule has 4 aromatic carbocycles. The van der Waals surface area contributed by atoms with Crippen LogP contribution in [0.1, 0.15) is 45.5 Å². The Morgan fingerprint density at radius 3 is 2.13 bits per heavy atom. The van der Waals surface area contributed by atoms with Crippen molar-refractivity contribution in [3.8, 4) is 51.4 Å². The van der Waals surface area contributed by atoms with E-state index < -0.39 is 0 Å². The number of hydrogen-bond acceptors (Lipinski definition) is 8. The van der Waals surface area contributed by atoms with Gasteiger partial charge in [0.2, 0.25) is 0 Å². The van der Waals surface area contributed by atoms with Crippen molar-refractivity contribution in [3.63, 3.8) is 0 Å². The third-order valence-electron chi connectivity index (χ3n) is 9.91. The fourth-order valence-electron chi connectivity index (χ4n) is 7.47. The highest BCUT2D eigenvalue weighted by Crippen LogP contribution is 2.54. The Morgan fingerprint density at radius 2 is 1.40 bits per heavy atom. The van der Waals surface area contributed by atoms with Crippen LogP contribution in [0.25, 0.3) is 11.1 Å². The van der Waals surface area contributed by atoms with Crippen molar-refractivity contribution in [3.05, 3.63) is 88.0 Å². The summed E-state index contributed by atoms with van der Waals surface area (Å²) in [4.78, 5) is 4.73. The first kappa shape index (κ1) is 29.3. The van der Waals surface area contributed by atoms with E-state index in [2.05, 4.69) is 42.1 Å². The summed E-state index contributed by atoms with van der Waals surface area (Å²) < 4.78 is 23.3. The minimum atomic E-state index is 0.0785. The number of nitrogens with zero attached hydrogens (tertiary/aromatic N) is 2. The van der Waals surface area contributed by atoms with E-state index in [1.54, 1.807) is 21.3 Å². The van der Waals surface area contributed by atoms with Crippen LogP contribution in [0.5, 0.6) is 40.2 Å². The SMILES string of the molecule is COc1cc2c(cc1O)C(Cc1ccc(Oc3cc4c(cc3O)-c3c(OC)c(OC)cc5c3C(C4)N(C)CC5)cc1)N(C)CC2. The minimum Gasteiger partial charge on any atom is -0.504 e. The van der Waals surface area contributed by atoms with Gasteiger partial charge < -0.3 is 29.2 Å². The molecule has 0 radical (unpaired) electrons. The molecule has 234 valence electrons. The summed E-state index contributed by atoms with van der Waals surface area (Å²) in [6, 6.07) is 18.1. The lowest BCUT2D eigenvalue weighted by atomic mass is 9.76. The highest BCUT2D eigenvalue weighted by molar-refractivity contribution is 5.85. The smallest absolute Gasteiger partial charge is 0.169 e. The second-order valence-electron chi connectivity index (χ2n) is 12.4. The Kier molecular flexibility index (Phi) is 7.50. The van der Waals surface area contributed by atoms with Crippen LogP contribution in [0, 0.1) is 0 Å². The molecule has 0 aromatic heterocycles. The van der Waals surface area contributed by atoms with Gasteiger partial charge in [0.25, 0.3) is 0 Å². The summed E-state index contributed by atoms with van der Waals surface area (Å²) in [5.41, 5.74) is 9.09. The molecule has 0 saturated heterocycles. The van der Waals surface area contributed by atoms with Gasteiger partial charge >= 0.3 is 0 Å². The Bertz CT molecular complexity index is 1770. The predicted molar refractivity (Wildman–Crippen MR) is 173 cm³/mol. The number of rotatable bonds is 7. The van der Waals surface area contributed by atoms with Gasteiger partial charge in [0.1, 0.15) is 5.75 Å². The molecule has 2 heterocycles. The number of phenolic OH excluding ortho intramolecular Hbond substituents is 2. The van der Waals surface area contributed by atoms with Crippen molar-refractivity contribution >= 4 is 0 Å². The highest BCUT2D eigenvalue weighted by Gasteiger charge is 2.37. The second-order valence-corrected chi connectivity index (χ2v) is 12.4. The van der Waals surface area contributed by atoms with Crippen LogP contribution in [0.3, 0.4) is 0 Å². The zero-order chi connectivity index (χ0) is 31.4. The molecule has 8 nitrogen and oxygen atoms in total. The maximum absolute atomic E-state index is 11.2. The second kappa shape index (κ2) is 11.5. The van der Waals surface area contributed by atoms with Gasteiger partial charge in [-0.25, -0.2) is 0 Å². The van der Waals surface area contributed by atoms with Crippen molar-refractivity contribution in [2.45, 2.75) is 37.8 Å². The lowest BCUT2D eigenvalue weighted by molar-refractivity contribution is 0.226. The fourth-order valence-corrected chi connectivity index (χ4v) is 7.47. The van der Waals surface area contributed by atoms with Crippen molar-refractivity contribution in [1.29, 1.82) is 0 Å². The van der Waals surface area contributed by atoms with Crippen LogP contribution in [-0.2, 0) is 25.7 Å². The van der Waals surface area contributed by atoms with Crippen LogP contribution >= 0.6 is 0 Å². The summed E-state index contributed by atoms with van der Waals surface area (Å²) in [5.74, 6) is 3.25. The number of fused-ring (bicyclic) bond motifs is 3. The fraction of sp³-hybridized carbons (Fsp3) is 0.351. The monoisotopic (exact) mass is 608 g/mol. The summed E-state index contributed by atoms with van der Waals surface area (Å²) in [7, 11) is 9.21. The van der Waals surface area contributed by atoms with E-state index in [4.69, 9.17) is 18.9 Å².